The Hall–Kier alpha value is -4.18. The van der Waals surface area contributed by atoms with Crippen LogP contribution in [0, 0.1) is 0 Å². The fourth-order valence-corrected chi connectivity index (χ4v) is 4.02. The lowest BCUT2D eigenvalue weighted by atomic mass is 9.98. The molecule has 0 bridgehead atoms. The number of hydrogen-bond acceptors (Lipinski definition) is 2. The third-order valence-electron chi connectivity index (χ3n) is 5.53. The number of rotatable bonds is 6. The molecule has 0 saturated heterocycles. The molecule has 5 rings (SSSR count). The van der Waals surface area contributed by atoms with E-state index in [-0.39, 0.29) is 18.4 Å². The molecule has 0 aliphatic heterocycles. The van der Waals surface area contributed by atoms with Crippen LogP contribution in [0.3, 0.4) is 0 Å². The number of amides is 1. The van der Waals surface area contributed by atoms with Crippen LogP contribution in [0.1, 0.15) is 22.9 Å². The zero-order chi connectivity index (χ0) is 21.8. The van der Waals surface area contributed by atoms with Crippen molar-refractivity contribution in [3.8, 4) is 11.3 Å². The van der Waals surface area contributed by atoms with Crippen LogP contribution in [0.5, 0.6) is 0 Å². The second kappa shape index (κ2) is 8.90. The molecule has 2 heterocycles. The quantitative estimate of drug-likeness (QED) is 0.399. The number of hydrogen-bond donors (Lipinski definition) is 1. The summed E-state index contributed by atoms with van der Waals surface area (Å²) < 4.78 is 2.03. The van der Waals surface area contributed by atoms with Crippen molar-refractivity contribution in [2.45, 2.75) is 12.5 Å². The second-order valence-corrected chi connectivity index (χ2v) is 7.75. The van der Waals surface area contributed by atoms with Crippen LogP contribution < -0.4 is 5.32 Å². The molecule has 0 radical (unpaired) electrons. The summed E-state index contributed by atoms with van der Waals surface area (Å²) >= 11 is 0. The SMILES string of the molecule is O=C(Cc1cn2cccc2c(-c2ccccc2)n1)NC(c1ccccc1)c1ccccc1. The van der Waals surface area contributed by atoms with E-state index in [9.17, 15) is 4.79 Å². The molecule has 32 heavy (non-hydrogen) atoms. The minimum atomic E-state index is -0.214. The van der Waals surface area contributed by atoms with Gasteiger partial charge in [-0.3, -0.25) is 4.79 Å². The average molecular weight is 418 g/mol. The third kappa shape index (κ3) is 4.16. The Bertz CT molecular complexity index is 1290. The van der Waals surface area contributed by atoms with Gasteiger partial charge in [0.25, 0.3) is 0 Å². The number of nitrogens with one attached hydrogen (secondary N) is 1. The summed E-state index contributed by atoms with van der Waals surface area (Å²) in [7, 11) is 0. The summed E-state index contributed by atoms with van der Waals surface area (Å²) in [6.07, 6.45) is 4.12. The van der Waals surface area contributed by atoms with Crippen molar-refractivity contribution >= 4 is 11.4 Å². The first-order chi connectivity index (χ1) is 15.8. The van der Waals surface area contributed by atoms with Gasteiger partial charge >= 0.3 is 0 Å². The van der Waals surface area contributed by atoms with Gasteiger partial charge in [0.05, 0.1) is 29.4 Å². The largest absolute Gasteiger partial charge is 0.345 e. The molecular weight excluding hydrogens is 394 g/mol. The molecule has 0 saturated carbocycles. The standard InChI is InChI=1S/C28H23N3O/c32-26(30-27(21-11-4-1-5-12-21)22-13-6-2-7-14-22)19-24-20-31-18-10-17-25(31)28(29-24)23-15-8-3-9-16-23/h1-18,20,27H,19H2,(H,30,32). The van der Waals surface area contributed by atoms with Crippen molar-refractivity contribution in [2.75, 3.05) is 0 Å². The first-order valence-electron chi connectivity index (χ1n) is 10.7. The van der Waals surface area contributed by atoms with Crippen LogP contribution in [-0.2, 0) is 11.2 Å². The van der Waals surface area contributed by atoms with Crippen LogP contribution >= 0.6 is 0 Å². The highest BCUT2D eigenvalue weighted by Crippen LogP contribution is 2.24. The first-order valence-corrected chi connectivity index (χ1v) is 10.7. The zero-order valence-corrected chi connectivity index (χ0v) is 17.6. The molecule has 5 aromatic rings. The molecule has 3 aromatic carbocycles. The van der Waals surface area contributed by atoms with Crippen LogP contribution in [-0.4, -0.2) is 15.3 Å². The number of benzene rings is 3. The lowest BCUT2D eigenvalue weighted by Crippen LogP contribution is -2.31. The van der Waals surface area contributed by atoms with Crippen LogP contribution in [0.4, 0.5) is 0 Å². The zero-order valence-electron chi connectivity index (χ0n) is 17.6. The number of carbonyl (C=O) groups excluding carboxylic acids is 1. The molecule has 0 spiro atoms. The van der Waals surface area contributed by atoms with E-state index in [2.05, 4.69) is 5.32 Å². The molecule has 0 aliphatic carbocycles. The van der Waals surface area contributed by atoms with Gasteiger partial charge in [0, 0.05) is 18.0 Å². The molecule has 1 amide bonds. The Morgan fingerprint density at radius 2 is 1.38 bits per heavy atom. The van der Waals surface area contributed by atoms with Gasteiger partial charge in [0.1, 0.15) is 0 Å². The highest BCUT2D eigenvalue weighted by Gasteiger charge is 2.18. The van der Waals surface area contributed by atoms with E-state index in [1.54, 1.807) is 0 Å². The Kier molecular flexibility index (Phi) is 5.50. The van der Waals surface area contributed by atoms with E-state index in [1.807, 2.05) is 120 Å². The summed E-state index contributed by atoms with van der Waals surface area (Å²) in [5.41, 5.74) is 5.75. The highest BCUT2D eigenvalue weighted by molar-refractivity contribution is 5.81. The maximum absolute atomic E-state index is 13.1. The summed E-state index contributed by atoms with van der Waals surface area (Å²) in [6.45, 7) is 0. The Morgan fingerprint density at radius 1 is 0.781 bits per heavy atom. The van der Waals surface area contributed by atoms with E-state index < -0.39 is 0 Å². The van der Waals surface area contributed by atoms with Gasteiger partial charge in [-0.1, -0.05) is 91.0 Å². The molecule has 1 N–H and O–H groups in total. The minimum Gasteiger partial charge on any atom is -0.345 e. The molecule has 156 valence electrons. The number of carbonyl (C=O) groups is 1. The van der Waals surface area contributed by atoms with E-state index in [4.69, 9.17) is 4.98 Å². The van der Waals surface area contributed by atoms with E-state index in [0.717, 1.165) is 33.6 Å². The summed E-state index contributed by atoms with van der Waals surface area (Å²) in [6, 6.07) is 34.0. The van der Waals surface area contributed by atoms with Gasteiger partial charge in [-0.2, -0.15) is 0 Å². The van der Waals surface area contributed by atoms with Crippen LogP contribution in [0.2, 0.25) is 0 Å². The Labute approximate surface area is 187 Å². The monoisotopic (exact) mass is 417 g/mol. The second-order valence-electron chi connectivity index (χ2n) is 7.75. The Morgan fingerprint density at radius 3 is 2.00 bits per heavy atom. The molecule has 0 aliphatic rings. The van der Waals surface area contributed by atoms with Crippen LogP contribution in [0.25, 0.3) is 16.8 Å². The molecule has 0 unspecified atom stereocenters. The summed E-state index contributed by atoms with van der Waals surface area (Å²) in [5.74, 6) is -0.0688. The predicted molar refractivity (Wildman–Crippen MR) is 127 cm³/mol. The van der Waals surface area contributed by atoms with E-state index >= 15 is 0 Å². The molecular formula is C28H23N3O. The summed E-state index contributed by atoms with van der Waals surface area (Å²) in [4.78, 5) is 18.0. The maximum Gasteiger partial charge on any atom is 0.226 e. The van der Waals surface area contributed by atoms with Crippen molar-refractivity contribution in [3.63, 3.8) is 0 Å². The molecule has 4 heteroatoms. The van der Waals surface area contributed by atoms with E-state index in [1.165, 1.54) is 0 Å². The fourth-order valence-electron chi connectivity index (χ4n) is 4.02. The van der Waals surface area contributed by atoms with Crippen molar-refractivity contribution in [3.05, 3.63) is 132 Å². The van der Waals surface area contributed by atoms with Crippen molar-refractivity contribution in [1.29, 1.82) is 0 Å². The maximum atomic E-state index is 13.1. The minimum absolute atomic E-state index is 0.0688. The lowest BCUT2D eigenvalue weighted by Gasteiger charge is -2.20. The van der Waals surface area contributed by atoms with Crippen molar-refractivity contribution in [1.82, 2.24) is 14.7 Å². The van der Waals surface area contributed by atoms with Gasteiger partial charge in [0.15, 0.2) is 0 Å². The van der Waals surface area contributed by atoms with Crippen LogP contribution in [0.15, 0.2) is 116 Å². The van der Waals surface area contributed by atoms with Gasteiger partial charge < -0.3 is 9.72 Å². The van der Waals surface area contributed by atoms with E-state index in [0.29, 0.717) is 0 Å². The van der Waals surface area contributed by atoms with Crippen molar-refractivity contribution in [2.24, 2.45) is 0 Å². The highest BCUT2D eigenvalue weighted by atomic mass is 16.1. The van der Waals surface area contributed by atoms with Gasteiger partial charge in [-0.05, 0) is 23.3 Å². The first kappa shape index (κ1) is 19.8. The molecule has 4 nitrogen and oxygen atoms in total. The molecule has 0 fully saturated rings. The smallest absolute Gasteiger partial charge is 0.226 e. The van der Waals surface area contributed by atoms with Gasteiger partial charge in [-0.15, -0.1) is 0 Å². The number of aromatic nitrogens is 2. The van der Waals surface area contributed by atoms with Gasteiger partial charge in [0.2, 0.25) is 5.91 Å². The van der Waals surface area contributed by atoms with Crippen molar-refractivity contribution < 1.29 is 4.79 Å². The lowest BCUT2D eigenvalue weighted by molar-refractivity contribution is -0.121. The third-order valence-corrected chi connectivity index (χ3v) is 5.53. The van der Waals surface area contributed by atoms with Gasteiger partial charge in [-0.25, -0.2) is 4.98 Å². The average Bonchev–Trinajstić information content (AvgIpc) is 3.32. The normalized spacial score (nSPS) is 11.0. The Balaban J connectivity index is 1.44. The summed E-state index contributed by atoms with van der Waals surface area (Å²) in [5, 5.41) is 3.21. The topological polar surface area (TPSA) is 46.4 Å². The fraction of sp³-hybridized carbons (Fsp3) is 0.0714. The number of nitrogens with zero attached hydrogens (tertiary/aromatic N) is 2. The number of fused-ring (bicyclic) bond motifs is 1. The molecule has 0 atom stereocenters. The molecule has 2 aromatic heterocycles. The predicted octanol–water partition coefficient (Wildman–Crippen LogP) is 5.45.